The number of aryl methyl sites for hydroxylation is 1. The van der Waals surface area contributed by atoms with E-state index < -0.39 is 0 Å². The molecule has 0 unspecified atom stereocenters. The van der Waals surface area contributed by atoms with Crippen LogP contribution in [0, 0.1) is 5.92 Å². The second kappa shape index (κ2) is 8.25. The van der Waals surface area contributed by atoms with Gasteiger partial charge in [-0.1, -0.05) is 11.6 Å². The van der Waals surface area contributed by atoms with Crippen LogP contribution in [0.1, 0.15) is 30.1 Å². The number of piperidine rings is 1. The number of carbonyl (C=O) groups excluding carboxylic acids is 1. The summed E-state index contributed by atoms with van der Waals surface area (Å²) in [6.45, 7) is 2.87. The van der Waals surface area contributed by atoms with Crippen LogP contribution in [0.25, 0.3) is 16.9 Å². The highest BCUT2D eigenvalue weighted by molar-refractivity contribution is 9.10. The Bertz CT molecular complexity index is 1300. The molecule has 9 nitrogen and oxygen atoms in total. The Morgan fingerprint density at radius 2 is 2.03 bits per heavy atom. The van der Waals surface area contributed by atoms with Crippen molar-refractivity contribution in [3.05, 3.63) is 52.2 Å². The summed E-state index contributed by atoms with van der Waals surface area (Å²) in [5, 5.41) is 9.36. The van der Waals surface area contributed by atoms with Gasteiger partial charge in [0.1, 0.15) is 17.8 Å². The van der Waals surface area contributed by atoms with Crippen LogP contribution >= 0.6 is 27.5 Å². The van der Waals surface area contributed by atoms with Gasteiger partial charge in [-0.25, -0.2) is 15.0 Å². The van der Waals surface area contributed by atoms with Crippen molar-refractivity contribution in [2.45, 2.75) is 25.8 Å². The van der Waals surface area contributed by atoms with Crippen molar-refractivity contribution in [2.75, 3.05) is 11.4 Å². The van der Waals surface area contributed by atoms with Crippen molar-refractivity contribution in [2.24, 2.45) is 13.0 Å². The Balaban J connectivity index is 1.43. The lowest BCUT2D eigenvalue weighted by molar-refractivity contribution is 0.0891. The average Bonchev–Trinajstić information content (AvgIpc) is 3.42. The molecule has 1 saturated heterocycles. The lowest BCUT2D eigenvalue weighted by atomic mass is 9.85. The quantitative estimate of drug-likeness (QED) is 0.381. The number of carbonyl (C=O) groups is 1. The van der Waals surface area contributed by atoms with Crippen molar-refractivity contribution < 1.29 is 4.79 Å². The monoisotopic (exact) mass is 514 g/mol. The summed E-state index contributed by atoms with van der Waals surface area (Å²) >= 11 is 10.0. The van der Waals surface area contributed by atoms with Crippen molar-refractivity contribution >= 4 is 50.2 Å². The maximum Gasteiger partial charge on any atom is 0.195 e. The summed E-state index contributed by atoms with van der Waals surface area (Å²) in [5.41, 5.74) is 1.31. The molecule has 0 spiro atoms. The van der Waals surface area contributed by atoms with Crippen molar-refractivity contribution in [3.8, 4) is 5.82 Å². The van der Waals surface area contributed by atoms with Crippen LogP contribution < -0.4 is 4.90 Å². The first-order valence-corrected chi connectivity index (χ1v) is 11.4. The fourth-order valence-electron chi connectivity index (χ4n) is 4.39. The molecule has 0 aliphatic carbocycles. The zero-order chi connectivity index (χ0) is 22.4. The topological polar surface area (TPSA) is 94.6 Å². The molecule has 4 aromatic rings. The predicted octanol–water partition coefficient (Wildman–Crippen LogP) is 3.85. The van der Waals surface area contributed by atoms with E-state index in [1.54, 1.807) is 31.0 Å². The van der Waals surface area contributed by atoms with Gasteiger partial charge >= 0.3 is 0 Å². The third kappa shape index (κ3) is 3.57. The van der Waals surface area contributed by atoms with Crippen molar-refractivity contribution in [1.29, 1.82) is 0 Å². The number of anilines is 1. The highest BCUT2D eigenvalue weighted by Crippen LogP contribution is 2.34. The molecule has 1 aliphatic rings. The van der Waals surface area contributed by atoms with E-state index in [1.807, 2.05) is 17.8 Å². The molecule has 1 aliphatic heterocycles. The van der Waals surface area contributed by atoms with Gasteiger partial charge in [-0.2, -0.15) is 10.2 Å². The third-order valence-electron chi connectivity index (χ3n) is 5.93. The van der Waals surface area contributed by atoms with E-state index in [-0.39, 0.29) is 17.7 Å². The van der Waals surface area contributed by atoms with E-state index in [4.69, 9.17) is 11.6 Å². The number of rotatable bonds is 4. The molecule has 4 aromatic heterocycles. The molecule has 11 heteroatoms. The highest BCUT2D eigenvalue weighted by atomic mass is 79.9. The summed E-state index contributed by atoms with van der Waals surface area (Å²) in [6.07, 6.45) is 9.74. The van der Waals surface area contributed by atoms with Gasteiger partial charge in [-0.05, 0) is 41.8 Å². The van der Waals surface area contributed by atoms with Gasteiger partial charge in [0.2, 0.25) is 0 Å². The molecule has 0 radical (unpaired) electrons. The normalized spacial score (nSPS) is 18.9. The molecule has 32 heavy (non-hydrogen) atoms. The SMILES string of the molecule is C[C@@H]1C[C@H](C(=O)c2cn(C)c3nc(-n4nccn4)c(Cl)cc23)CCN1c1ncncc1Br. The lowest BCUT2D eigenvalue weighted by Gasteiger charge is -2.38. The number of nitrogens with zero attached hydrogens (tertiary/aromatic N) is 8. The molecule has 5 rings (SSSR count). The van der Waals surface area contributed by atoms with Crippen molar-refractivity contribution in [3.63, 3.8) is 0 Å². The molecule has 164 valence electrons. The summed E-state index contributed by atoms with van der Waals surface area (Å²) in [4.78, 5) is 30.2. The number of fused-ring (bicyclic) bond motifs is 1. The number of Topliss-reactive ketones (excluding diaryl/α,β-unsaturated/α-hetero) is 1. The minimum absolute atomic E-state index is 0.0845. The maximum atomic E-state index is 13.5. The smallest absolute Gasteiger partial charge is 0.195 e. The van der Waals surface area contributed by atoms with Crippen LogP contribution in [0.15, 0.2) is 41.7 Å². The van der Waals surface area contributed by atoms with Crippen LogP contribution in [0.5, 0.6) is 0 Å². The first kappa shape index (κ1) is 21.0. The van der Waals surface area contributed by atoms with Gasteiger partial charge in [0.15, 0.2) is 11.6 Å². The van der Waals surface area contributed by atoms with Gasteiger partial charge in [0.05, 0.1) is 21.9 Å². The van der Waals surface area contributed by atoms with E-state index in [2.05, 4.69) is 52.9 Å². The fraction of sp³-hybridized carbons (Fsp3) is 0.333. The zero-order valence-electron chi connectivity index (χ0n) is 17.5. The standard InChI is InChI=1S/C21H20BrClN8O/c1-12-7-13(3-6-30(12)20-16(22)9-24-11-25-20)18(32)15-10-29(2)19-14(15)8-17(23)21(28-19)31-26-4-5-27-31/h4-5,8-13H,3,6-7H2,1-2H3/t12-,13-/m1/s1. The number of aromatic nitrogens is 7. The van der Waals surface area contributed by atoms with E-state index in [9.17, 15) is 4.79 Å². The van der Waals surface area contributed by atoms with Gasteiger partial charge in [0, 0.05) is 48.9 Å². The Morgan fingerprint density at radius 3 is 2.75 bits per heavy atom. The van der Waals surface area contributed by atoms with Gasteiger partial charge in [-0.3, -0.25) is 4.79 Å². The molecule has 1 fully saturated rings. The first-order chi connectivity index (χ1) is 15.4. The summed E-state index contributed by atoms with van der Waals surface area (Å²) in [5.74, 6) is 1.33. The van der Waals surface area contributed by atoms with Crippen LogP contribution in [0.3, 0.4) is 0 Å². The largest absolute Gasteiger partial charge is 0.353 e. The number of hydrogen-bond donors (Lipinski definition) is 0. The van der Waals surface area contributed by atoms with Crippen LogP contribution in [-0.2, 0) is 7.05 Å². The molecule has 0 bridgehead atoms. The Morgan fingerprint density at radius 1 is 1.25 bits per heavy atom. The first-order valence-electron chi connectivity index (χ1n) is 10.2. The van der Waals surface area contributed by atoms with Gasteiger partial charge in [-0.15, -0.1) is 4.80 Å². The number of halogens is 2. The number of ketones is 1. The molecule has 0 N–H and O–H groups in total. The minimum atomic E-state index is -0.0845. The van der Waals surface area contributed by atoms with E-state index >= 15 is 0 Å². The Labute approximate surface area is 197 Å². The molecule has 0 saturated carbocycles. The Kier molecular flexibility index (Phi) is 5.42. The van der Waals surface area contributed by atoms with Gasteiger partial charge < -0.3 is 9.47 Å². The van der Waals surface area contributed by atoms with Crippen LogP contribution in [0.4, 0.5) is 5.82 Å². The third-order valence-corrected chi connectivity index (χ3v) is 6.76. The summed E-state index contributed by atoms with van der Waals surface area (Å²) in [6, 6.07) is 1.95. The molecular weight excluding hydrogens is 496 g/mol. The molecule has 5 heterocycles. The van der Waals surface area contributed by atoms with E-state index in [1.165, 1.54) is 4.80 Å². The summed E-state index contributed by atoms with van der Waals surface area (Å²) in [7, 11) is 1.87. The van der Waals surface area contributed by atoms with E-state index in [0.717, 1.165) is 35.1 Å². The highest BCUT2D eigenvalue weighted by Gasteiger charge is 2.33. The maximum absolute atomic E-state index is 13.5. The summed E-state index contributed by atoms with van der Waals surface area (Å²) < 4.78 is 2.71. The van der Waals surface area contributed by atoms with Crippen molar-refractivity contribution in [1.82, 2.24) is 34.5 Å². The lowest BCUT2D eigenvalue weighted by Crippen LogP contribution is -2.43. The minimum Gasteiger partial charge on any atom is -0.353 e. The number of pyridine rings is 1. The molecule has 0 aromatic carbocycles. The second-order valence-electron chi connectivity index (χ2n) is 7.96. The van der Waals surface area contributed by atoms with Crippen LogP contribution in [-0.4, -0.2) is 52.9 Å². The number of hydrogen-bond acceptors (Lipinski definition) is 7. The molecule has 2 atom stereocenters. The average molecular weight is 516 g/mol. The van der Waals surface area contributed by atoms with Crippen LogP contribution in [0.2, 0.25) is 5.02 Å². The predicted molar refractivity (Wildman–Crippen MR) is 124 cm³/mol. The Hall–Kier alpha value is -2.85. The van der Waals surface area contributed by atoms with E-state index in [0.29, 0.717) is 22.1 Å². The zero-order valence-corrected chi connectivity index (χ0v) is 19.8. The molecule has 0 amide bonds. The van der Waals surface area contributed by atoms with Gasteiger partial charge in [0.25, 0.3) is 0 Å². The fourth-order valence-corrected chi connectivity index (χ4v) is 5.06. The molecular formula is C21H20BrClN8O. The second-order valence-corrected chi connectivity index (χ2v) is 9.22.